The van der Waals surface area contributed by atoms with Gasteiger partial charge in [0, 0.05) is 6.54 Å². The lowest BCUT2D eigenvalue weighted by atomic mass is 10.1. The smallest absolute Gasteiger partial charge is 0.404 e. The van der Waals surface area contributed by atoms with E-state index in [1.165, 1.54) is 12.0 Å². The number of methoxy groups -OCH3 is 1. The van der Waals surface area contributed by atoms with Crippen molar-refractivity contribution in [2.75, 3.05) is 26.7 Å². The van der Waals surface area contributed by atoms with Crippen LogP contribution in [-0.2, 0) is 9.53 Å². The van der Waals surface area contributed by atoms with Crippen LogP contribution in [0.1, 0.15) is 12.8 Å². The molecular weight excluding hydrogens is 237 g/mol. The summed E-state index contributed by atoms with van der Waals surface area (Å²) in [4.78, 5) is 12.5. The minimum absolute atomic E-state index is 0.0242. The Bertz CT molecular complexity index is 271. The summed E-state index contributed by atoms with van der Waals surface area (Å²) in [5.41, 5.74) is 5.20. The fourth-order valence-electron chi connectivity index (χ4n) is 2.14. The van der Waals surface area contributed by atoms with Crippen LogP contribution in [0.4, 0.5) is 13.2 Å². The Labute approximate surface area is 97.9 Å². The van der Waals surface area contributed by atoms with Gasteiger partial charge in [-0.05, 0) is 25.9 Å². The topological polar surface area (TPSA) is 55.6 Å². The van der Waals surface area contributed by atoms with Gasteiger partial charge in [-0.3, -0.25) is 9.69 Å². The highest BCUT2D eigenvalue weighted by Crippen LogP contribution is 2.31. The molecule has 0 aromatic rings. The summed E-state index contributed by atoms with van der Waals surface area (Å²) in [7, 11) is 1.24. The molecule has 17 heavy (non-hydrogen) atoms. The number of alkyl halides is 3. The molecule has 0 aliphatic carbocycles. The number of ether oxygens (including phenoxy) is 1. The Hall–Kier alpha value is -0.820. The fraction of sp³-hybridized carbons (Fsp3) is 0.900. The first-order valence-corrected chi connectivity index (χ1v) is 5.48. The van der Waals surface area contributed by atoms with Crippen molar-refractivity contribution in [3.63, 3.8) is 0 Å². The van der Waals surface area contributed by atoms with Gasteiger partial charge in [-0.25, -0.2) is 0 Å². The molecule has 0 aromatic carbocycles. The molecule has 0 aromatic heterocycles. The fourth-order valence-corrected chi connectivity index (χ4v) is 2.14. The molecule has 0 amide bonds. The molecular formula is C10H17F3N2O2. The van der Waals surface area contributed by atoms with Crippen LogP contribution in [0, 0.1) is 5.92 Å². The van der Waals surface area contributed by atoms with Gasteiger partial charge in [0.05, 0.1) is 13.0 Å². The molecule has 0 spiro atoms. The van der Waals surface area contributed by atoms with E-state index in [2.05, 4.69) is 4.74 Å². The van der Waals surface area contributed by atoms with Crippen LogP contribution in [0.2, 0.25) is 0 Å². The Morgan fingerprint density at radius 3 is 2.71 bits per heavy atom. The largest absolute Gasteiger partial charge is 0.469 e. The van der Waals surface area contributed by atoms with Gasteiger partial charge in [-0.15, -0.1) is 0 Å². The van der Waals surface area contributed by atoms with Gasteiger partial charge in [-0.2, -0.15) is 13.2 Å². The number of nitrogens with two attached hydrogens (primary N) is 1. The molecule has 7 heteroatoms. The van der Waals surface area contributed by atoms with E-state index in [0.717, 1.165) is 0 Å². The zero-order valence-electron chi connectivity index (χ0n) is 9.67. The van der Waals surface area contributed by atoms with Crippen molar-refractivity contribution < 1.29 is 22.7 Å². The van der Waals surface area contributed by atoms with Gasteiger partial charge in [-0.1, -0.05) is 0 Å². The van der Waals surface area contributed by atoms with Gasteiger partial charge in [0.1, 0.15) is 6.04 Å². The quantitative estimate of drug-likeness (QED) is 0.753. The van der Waals surface area contributed by atoms with E-state index in [4.69, 9.17) is 5.73 Å². The molecule has 2 atom stereocenters. The molecule has 100 valence electrons. The molecule has 1 aliphatic rings. The van der Waals surface area contributed by atoms with Crippen molar-refractivity contribution in [1.29, 1.82) is 0 Å². The average molecular weight is 254 g/mol. The zero-order chi connectivity index (χ0) is 13.1. The van der Waals surface area contributed by atoms with Crippen LogP contribution in [0.3, 0.4) is 0 Å². The van der Waals surface area contributed by atoms with Gasteiger partial charge in [0.15, 0.2) is 0 Å². The van der Waals surface area contributed by atoms with Crippen LogP contribution < -0.4 is 5.73 Å². The lowest BCUT2D eigenvalue weighted by Crippen LogP contribution is -2.46. The van der Waals surface area contributed by atoms with Gasteiger partial charge in [0.25, 0.3) is 0 Å². The summed E-state index contributed by atoms with van der Waals surface area (Å²) >= 11 is 0. The van der Waals surface area contributed by atoms with Crippen LogP contribution in [-0.4, -0.2) is 49.8 Å². The monoisotopic (exact) mass is 254 g/mol. The van der Waals surface area contributed by atoms with Crippen molar-refractivity contribution in [3.8, 4) is 0 Å². The molecule has 4 nitrogen and oxygen atoms in total. The van der Waals surface area contributed by atoms with E-state index < -0.39 is 24.1 Å². The summed E-state index contributed by atoms with van der Waals surface area (Å²) in [6, 6.07) is -1.55. The van der Waals surface area contributed by atoms with E-state index in [0.29, 0.717) is 6.42 Å². The van der Waals surface area contributed by atoms with Crippen molar-refractivity contribution >= 4 is 5.97 Å². The summed E-state index contributed by atoms with van der Waals surface area (Å²) in [6.07, 6.45) is -4.04. The van der Waals surface area contributed by atoms with Gasteiger partial charge < -0.3 is 10.5 Å². The Morgan fingerprint density at radius 1 is 1.59 bits per heavy atom. The highest BCUT2D eigenvalue weighted by atomic mass is 19.4. The number of hydrogen-bond donors (Lipinski definition) is 1. The van der Waals surface area contributed by atoms with Crippen molar-refractivity contribution in [2.45, 2.75) is 25.1 Å². The standard InChI is InChI=1S/C10H17F3N2O2/c1-17-9(16)7-3-5-15(6-7)8(2-4-14)10(11,12)13/h7-8H,2-6,14H2,1H3. The second-order valence-electron chi connectivity index (χ2n) is 4.14. The lowest BCUT2D eigenvalue weighted by molar-refractivity contribution is -0.183. The van der Waals surface area contributed by atoms with E-state index in [1.807, 2.05) is 0 Å². The van der Waals surface area contributed by atoms with Crippen molar-refractivity contribution in [1.82, 2.24) is 4.90 Å². The second-order valence-corrected chi connectivity index (χ2v) is 4.14. The van der Waals surface area contributed by atoms with Crippen LogP contribution in [0.25, 0.3) is 0 Å². The maximum atomic E-state index is 12.8. The minimum Gasteiger partial charge on any atom is -0.469 e. The normalized spacial score (nSPS) is 23.7. The van der Waals surface area contributed by atoms with E-state index in [9.17, 15) is 18.0 Å². The predicted octanol–water partition coefficient (Wildman–Crippen LogP) is 0.761. The molecule has 1 fully saturated rings. The van der Waals surface area contributed by atoms with Crippen molar-refractivity contribution in [3.05, 3.63) is 0 Å². The predicted molar refractivity (Wildman–Crippen MR) is 55.2 cm³/mol. The average Bonchev–Trinajstić information content (AvgIpc) is 2.72. The van der Waals surface area contributed by atoms with Crippen LogP contribution in [0.15, 0.2) is 0 Å². The Balaban J connectivity index is 2.63. The number of esters is 1. The zero-order valence-corrected chi connectivity index (χ0v) is 9.67. The molecule has 1 heterocycles. The van der Waals surface area contributed by atoms with E-state index in [-0.39, 0.29) is 26.1 Å². The van der Waals surface area contributed by atoms with Crippen LogP contribution >= 0.6 is 0 Å². The molecule has 0 saturated carbocycles. The molecule has 0 radical (unpaired) electrons. The molecule has 1 aliphatic heterocycles. The minimum atomic E-state index is -4.30. The Morgan fingerprint density at radius 2 is 2.24 bits per heavy atom. The van der Waals surface area contributed by atoms with E-state index >= 15 is 0 Å². The summed E-state index contributed by atoms with van der Waals surface area (Å²) < 4.78 is 42.8. The third kappa shape index (κ3) is 3.57. The third-order valence-corrected chi connectivity index (χ3v) is 3.01. The molecule has 1 rings (SSSR count). The number of hydrogen-bond acceptors (Lipinski definition) is 4. The lowest BCUT2D eigenvalue weighted by Gasteiger charge is -2.29. The number of halogens is 3. The summed E-state index contributed by atoms with van der Waals surface area (Å²) in [6.45, 7) is 0.324. The van der Waals surface area contributed by atoms with E-state index in [1.54, 1.807) is 0 Å². The first-order chi connectivity index (χ1) is 7.90. The van der Waals surface area contributed by atoms with Crippen LogP contribution in [0.5, 0.6) is 0 Å². The SMILES string of the molecule is COC(=O)C1CCN(C(CCN)C(F)(F)F)C1. The number of nitrogens with zero attached hydrogens (tertiary/aromatic N) is 1. The van der Waals surface area contributed by atoms with Gasteiger partial charge >= 0.3 is 12.1 Å². The first kappa shape index (κ1) is 14.2. The summed E-state index contributed by atoms with van der Waals surface area (Å²) in [5, 5.41) is 0. The highest BCUT2D eigenvalue weighted by Gasteiger charge is 2.45. The Kier molecular flexibility index (Phi) is 4.76. The maximum Gasteiger partial charge on any atom is 0.404 e. The second kappa shape index (κ2) is 5.68. The van der Waals surface area contributed by atoms with Gasteiger partial charge in [0.2, 0.25) is 0 Å². The molecule has 2 unspecified atom stereocenters. The number of rotatable bonds is 4. The molecule has 0 bridgehead atoms. The molecule has 1 saturated heterocycles. The maximum absolute atomic E-state index is 12.8. The number of carbonyl (C=O) groups excluding carboxylic acids is 1. The highest BCUT2D eigenvalue weighted by molar-refractivity contribution is 5.72. The van der Waals surface area contributed by atoms with Crippen molar-refractivity contribution in [2.24, 2.45) is 11.7 Å². The number of carbonyl (C=O) groups is 1. The summed E-state index contributed by atoms with van der Waals surface area (Å²) in [5.74, 6) is -0.899. The molecule has 2 N–H and O–H groups in total. The third-order valence-electron chi connectivity index (χ3n) is 3.01. The number of likely N-dealkylation sites (tertiary alicyclic amines) is 1. The first-order valence-electron chi connectivity index (χ1n) is 5.48.